The van der Waals surface area contributed by atoms with Crippen molar-refractivity contribution in [2.75, 3.05) is 0 Å². The largest absolute Gasteiger partial charge is 0.388 e. The fourth-order valence-corrected chi connectivity index (χ4v) is 1.80. The van der Waals surface area contributed by atoms with Crippen molar-refractivity contribution >= 4 is 5.91 Å². The summed E-state index contributed by atoms with van der Waals surface area (Å²) in [6, 6.07) is 7.04. The lowest BCUT2D eigenvalue weighted by atomic mass is 9.92. The number of fused-ring (bicyclic) bond motifs is 1. The van der Waals surface area contributed by atoms with E-state index in [-0.39, 0.29) is 11.9 Å². The van der Waals surface area contributed by atoms with Gasteiger partial charge in [-0.1, -0.05) is 18.2 Å². The van der Waals surface area contributed by atoms with Gasteiger partial charge in [0.25, 0.3) is 5.91 Å². The molecule has 1 aliphatic heterocycles. The average molecular weight is 191 g/mol. The second kappa shape index (κ2) is 2.82. The third-order valence-corrected chi connectivity index (χ3v) is 2.50. The second-order valence-corrected chi connectivity index (χ2v) is 4.15. The van der Waals surface area contributed by atoms with E-state index in [9.17, 15) is 9.90 Å². The van der Waals surface area contributed by atoms with Crippen LogP contribution in [0.5, 0.6) is 0 Å². The highest BCUT2D eigenvalue weighted by molar-refractivity contribution is 5.99. The van der Waals surface area contributed by atoms with Gasteiger partial charge in [0.1, 0.15) is 0 Å². The molecule has 0 bridgehead atoms. The lowest BCUT2D eigenvalue weighted by Gasteiger charge is -2.25. The minimum atomic E-state index is -0.928. The van der Waals surface area contributed by atoms with Crippen LogP contribution in [0, 0.1) is 0 Å². The number of amides is 1. The van der Waals surface area contributed by atoms with Crippen LogP contribution in [-0.2, 0) is 0 Å². The zero-order valence-electron chi connectivity index (χ0n) is 8.24. The quantitative estimate of drug-likeness (QED) is 0.701. The molecule has 1 aliphatic rings. The van der Waals surface area contributed by atoms with E-state index in [1.54, 1.807) is 19.9 Å². The second-order valence-electron chi connectivity index (χ2n) is 4.15. The van der Waals surface area contributed by atoms with E-state index < -0.39 is 5.60 Å². The number of hydrogen-bond acceptors (Lipinski definition) is 2. The number of carbonyl (C=O) groups excluding carboxylic acids is 1. The Morgan fingerprint density at radius 3 is 2.64 bits per heavy atom. The van der Waals surface area contributed by atoms with E-state index in [0.717, 1.165) is 5.56 Å². The molecule has 0 saturated heterocycles. The molecule has 3 heteroatoms. The van der Waals surface area contributed by atoms with Crippen LogP contribution in [-0.4, -0.2) is 16.6 Å². The highest BCUT2D eigenvalue weighted by atomic mass is 16.3. The van der Waals surface area contributed by atoms with Crippen LogP contribution in [0.2, 0.25) is 0 Å². The van der Waals surface area contributed by atoms with Crippen molar-refractivity contribution in [1.29, 1.82) is 0 Å². The Hall–Kier alpha value is -1.35. The summed E-state index contributed by atoms with van der Waals surface area (Å²) >= 11 is 0. The third kappa shape index (κ3) is 1.30. The predicted molar refractivity (Wildman–Crippen MR) is 52.9 cm³/mol. The summed E-state index contributed by atoms with van der Waals surface area (Å²) in [4.78, 5) is 11.5. The zero-order chi connectivity index (χ0) is 10.3. The molecule has 0 radical (unpaired) electrons. The first-order valence-corrected chi connectivity index (χ1v) is 4.62. The summed E-state index contributed by atoms with van der Waals surface area (Å²) in [6.07, 6.45) is 0. The third-order valence-electron chi connectivity index (χ3n) is 2.50. The van der Waals surface area contributed by atoms with Crippen molar-refractivity contribution in [3.63, 3.8) is 0 Å². The molecule has 1 aromatic rings. The molecule has 0 aliphatic carbocycles. The SMILES string of the molecule is CC(C)(O)C1NC(=O)c2ccccc21. The summed E-state index contributed by atoms with van der Waals surface area (Å²) in [5.74, 6) is -0.104. The molecule has 2 N–H and O–H groups in total. The van der Waals surface area contributed by atoms with Crippen LogP contribution in [0.15, 0.2) is 24.3 Å². The minimum absolute atomic E-state index is 0.104. The van der Waals surface area contributed by atoms with Gasteiger partial charge in [-0.3, -0.25) is 4.79 Å². The smallest absolute Gasteiger partial charge is 0.252 e. The molecule has 3 nitrogen and oxygen atoms in total. The fraction of sp³-hybridized carbons (Fsp3) is 0.364. The molecule has 14 heavy (non-hydrogen) atoms. The van der Waals surface area contributed by atoms with Crippen molar-refractivity contribution in [2.45, 2.75) is 25.5 Å². The molecule has 1 unspecified atom stereocenters. The number of nitrogens with one attached hydrogen (secondary N) is 1. The highest BCUT2D eigenvalue weighted by Crippen LogP contribution is 2.32. The molecular weight excluding hydrogens is 178 g/mol. The molecule has 1 heterocycles. The van der Waals surface area contributed by atoms with E-state index in [1.807, 2.05) is 18.2 Å². The van der Waals surface area contributed by atoms with Gasteiger partial charge in [0.05, 0.1) is 11.6 Å². The van der Waals surface area contributed by atoms with Gasteiger partial charge in [-0.15, -0.1) is 0 Å². The minimum Gasteiger partial charge on any atom is -0.388 e. The molecule has 1 atom stereocenters. The molecule has 0 spiro atoms. The highest BCUT2D eigenvalue weighted by Gasteiger charge is 2.37. The molecule has 1 amide bonds. The summed E-state index contributed by atoms with van der Waals surface area (Å²) in [5, 5.41) is 12.6. The van der Waals surface area contributed by atoms with Crippen LogP contribution >= 0.6 is 0 Å². The molecule has 74 valence electrons. The first-order chi connectivity index (χ1) is 6.50. The number of aliphatic hydroxyl groups is 1. The van der Waals surface area contributed by atoms with Crippen LogP contribution in [0.4, 0.5) is 0 Å². The molecule has 0 aromatic heterocycles. The van der Waals surface area contributed by atoms with Crippen molar-refractivity contribution in [3.8, 4) is 0 Å². The van der Waals surface area contributed by atoms with E-state index in [0.29, 0.717) is 5.56 Å². The Bertz CT molecular complexity index is 379. The summed E-state index contributed by atoms with van der Waals surface area (Å²) in [5.41, 5.74) is 0.618. The van der Waals surface area contributed by atoms with Crippen molar-refractivity contribution < 1.29 is 9.90 Å². The van der Waals surface area contributed by atoms with Gasteiger partial charge in [-0.2, -0.15) is 0 Å². The van der Waals surface area contributed by atoms with Crippen LogP contribution in [0.25, 0.3) is 0 Å². The Labute approximate surface area is 82.8 Å². The van der Waals surface area contributed by atoms with Crippen LogP contribution in [0.1, 0.15) is 35.8 Å². The number of hydrogen-bond donors (Lipinski definition) is 2. The van der Waals surface area contributed by atoms with Crippen LogP contribution in [0.3, 0.4) is 0 Å². The standard InChI is InChI=1S/C11H13NO2/c1-11(2,14)9-7-5-3-4-6-8(7)10(13)12-9/h3-6,9,14H,1-2H3,(H,12,13). The number of rotatable bonds is 1. The van der Waals surface area contributed by atoms with Crippen molar-refractivity contribution in [2.24, 2.45) is 0 Å². The fourth-order valence-electron chi connectivity index (χ4n) is 1.80. The Balaban J connectivity index is 2.50. The van der Waals surface area contributed by atoms with Gasteiger partial charge < -0.3 is 10.4 Å². The number of benzene rings is 1. The molecule has 0 fully saturated rings. The average Bonchev–Trinajstić information content (AvgIpc) is 2.44. The van der Waals surface area contributed by atoms with E-state index in [1.165, 1.54) is 0 Å². The summed E-state index contributed by atoms with van der Waals surface area (Å²) < 4.78 is 0. The van der Waals surface area contributed by atoms with Gasteiger partial charge in [-0.25, -0.2) is 0 Å². The van der Waals surface area contributed by atoms with E-state index in [2.05, 4.69) is 5.32 Å². The monoisotopic (exact) mass is 191 g/mol. The molecule has 1 aromatic carbocycles. The van der Waals surface area contributed by atoms with Gasteiger partial charge >= 0.3 is 0 Å². The molecular formula is C11H13NO2. The Kier molecular flexibility index (Phi) is 1.86. The predicted octanol–water partition coefficient (Wildman–Crippen LogP) is 1.24. The molecule has 2 rings (SSSR count). The maximum absolute atomic E-state index is 11.5. The maximum atomic E-state index is 11.5. The van der Waals surface area contributed by atoms with Gasteiger partial charge in [0.15, 0.2) is 0 Å². The Morgan fingerprint density at radius 2 is 2.00 bits per heavy atom. The van der Waals surface area contributed by atoms with Gasteiger partial charge in [-0.05, 0) is 25.5 Å². The topological polar surface area (TPSA) is 49.3 Å². The summed E-state index contributed by atoms with van der Waals surface area (Å²) in [6.45, 7) is 3.39. The first kappa shape index (κ1) is 9.21. The van der Waals surface area contributed by atoms with E-state index in [4.69, 9.17) is 0 Å². The lowest BCUT2D eigenvalue weighted by Crippen LogP contribution is -2.36. The first-order valence-electron chi connectivity index (χ1n) is 4.62. The van der Waals surface area contributed by atoms with Gasteiger partial charge in [0.2, 0.25) is 0 Å². The lowest BCUT2D eigenvalue weighted by molar-refractivity contribution is 0.0390. The van der Waals surface area contributed by atoms with E-state index >= 15 is 0 Å². The zero-order valence-corrected chi connectivity index (χ0v) is 8.24. The number of carbonyl (C=O) groups is 1. The van der Waals surface area contributed by atoms with Crippen LogP contribution < -0.4 is 5.32 Å². The summed E-state index contributed by atoms with van der Waals surface area (Å²) in [7, 11) is 0. The Morgan fingerprint density at radius 1 is 1.36 bits per heavy atom. The van der Waals surface area contributed by atoms with Crippen molar-refractivity contribution in [3.05, 3.63) is 35.4 Å². The maximum Gasteiger partial charge on any atom is 0.252 e. The normalized spacial score (nSPS) is 20.5. The molecule has 0 saturated carbocycles. The van der Waals surface area contributed by atoms with Crippen molar-refractivity contribution in [1.82, 2.24) is 5.32 Å². The van der Waals surface area contributed by atoms with Gasteiger partial charge in [0, 0.05) is 5.56 Å².